The quantitative estimate of drug-likeness (QED) is 0.222. The summed E-state index contributed by atoms with van der Waals surface area (Å²) in [6.45, 7) is 14.2. The van der Waals surface area contributed by atoms with Crippen molar-refractivity contribution < 1.29 is 23.9 Å². The van der Waals surface area contributed by atoms with Gasteiger partial charge in [-0.1, -0.05) is 93.6 Å². The average molecular weight is 672 g/mol. The normalized spacial score (nSPS) is 17.0. The molecule has 47 heavy (non-hydrogen) atoms. The third kappa shape index (κ3) is 7.45. The molecule has 248 valence electrons. The van der Waals surface area contributed by atoms with E-state index in [1.165, 1.54) is 4.90 Å². The maximum absolute atomic E-state index is 13.6. The number of hydrogen-bond acceptors (Lipinski definition) is 7. The molecule has 2 N–H and O–H groups in total. The molecule has 1 saturated heterocycles. The maximum atomic E-state index is 13.6. The van der Waals surface area contributed by atoms with Crippen molar-refractivity contribution in [3.8, 4) is 16.2 Å². The van der Waals surface area contributed by atoms with Crippen molar-refractivity contribution >= 4 is 42.0 Å². The van der Waals surface area contributed by atoms with Gasteiger partial charge in [0.1, 0.15) is 17.4 Å². The molecule has 4 aromatic rings. The van der Waals surface area contributed by atoms with Gasteiger partial charge < -0.3 is 19.6 Å². The number of aryl methyl sites for hydroxylation is 1. The smallest absolute Gasteiger partial charge is 0.411 e. The van der Waals surface area contributed by atoms with Gasteiger partial charge in [-0.25, -0.2) is 9.78 Å². The zero-order valence-corrected chi connectivity index (χ0v) is 30.1. The first-order chi connectivity index (χ1) is 22.2. The van der Waals surface area contributed by atoms with E-state index in [9.17, 15) is 14.7 Å². The molecule has 5 rings (SSSR count). The number of ether oxygens (including phenoxy) is 1. The van der Waals surface area contributed by atoms with Crippen LogP contribution in [0.25, 0.3) is 10.4 Å². The van der Waals surface area contributed by atoms with Crippen molar-refractivity contribution in [2.45, 2.75) is 84.2 Å². The van der Waals surface area contributed by atoms with E-state index in [0.717, 1.165) is 32.1 Å². The molecule has 0 bridgehead atoms. The van der Waals surface area contributed by atoms with Crippen molar-refractivity contribution in [2.24, 2.45) is 0 Å². The number of aliphatic hydroxyl groups excluding tert-OH is 1. The van der Waals surface area contributed by atoms with E-state index in [4.69, 9.17) is 9.16 Å². The van der Waals surface area contributed by atoms with Crippen LogP contribution in [-0.2, 0) is 16.1 Å². The second-order valence-electron chi connectivity index (χ2n) is 14.1. The molecule has 1 fully saturated rings. The first-order valence-electron chi connectivity index (χ1n) is 16.0. The fraction of sp³-hybridized carbons (Fsp3) is 0.378. The fourth-order valence-corrected chi connectivity index (χ4v) is 11.5. The molecule has 2 heterocycles. The van der Waals surface area contributed by atoms with Crippen LogP contribution in [0.4, 0.5) is 4.79 Å². The van der Waals surface area contributed by atoms with Crippen LogP contribution in [0.5, 0.6) is 5.75 Å². The van der Waals surface area contributed by atoms with Gasteiger partial charge in [0, 0.05) is 18.5 Å². The number of amides is 2. The number of nitrogens with zero attached hydrogens (tertiary/aromatic N) is 2. The number of rotatable bonds is 8. The summed E-state index contributed by atoms with van der Waals surface area (Å²) >= 11 is 1.58. The standard InChI is InChI=1S/C37H45N3O5SSi/c1-25-33(46-24-39-25)26-18-19-27(22-38-34(42)31-21-28(41)23-40(31)35(43)44-36(2,3)4)32(20-26)45-47(37(5,6)7,29-14-10-8-11-15-29)30-16-12-9-13-17-30/h8-20,24,28,31,41H,21-23H2,1-7H3,(H,38,42)/t28-,31+/m1/s1. The monoisotopic (exact) mass is 671 g/mol. The summed E-state index contributed by atoms with van der Waals surface area (Å²) < 4.78 is 13.0. The maximum Gasteiger partial charge on any atom is 0.411 e. The topological polar surface area (TPSA) is 101 Å². The first kappa shape index (κ1) is 34.3. The molecule has 1 aliphatic rings. The molecule has 0 saturated carbocycles. The van der Waals surface area contributed by atoms with Crippen LogP contribution in [0.2, 0.25) is 5.04 Å². The largest absolute Gasteiger partial charge is 0.534 e. The van der Waals surface area contributed by atoms with Gasteiger partial charge in [-0.15, -0.1) is 11.3 Å². The predicted octanol–water partition coefficient (Wildman–Crippen LogP) is 6.04. The number of aromatic nitrogens is 1. The van der Waals surface area contributed by atoms with Crippen LogP contribution < -0.4 is 20.1 Å². The summed E-state index contributed by atoms with van der Waals surface area (Å²) in [5, 5.41) is 15.5. The summed E-state index contributed by atoms with van der Waals surface area (Å²) in [5.74, 6) is 0.325. The number of hydrogen-bond donors (Lipinski definition) is 2. The number of aliphatic hydroxyl groups is 1. The third-order valence-corrected chi connectivity index (χ3v) is 14.3. The highest BCUT2D eigenvalue weighted by molar-refractivity contribution is 7.13. The van der Waals surface area contributed by atoms with Crippen molar-refractivity contribution in [3.63, 3.8) is 0 Å². The van der Waals surface area contributed by atoms with Crippen LogP contribution in [0.3, 0.4) is 0 Å². The molecule has 3 aromatic carbocycles. The number of carbonyl (C=O) groups excluding carboxylic acids is 2. The van der Waals surface area contributed by atoms with E-state index >= 15 is 0 Å². The molecule has 8 nitrogen and oxygen atoms in total. The Hall–Kier alpha value is -3.99. The summed E-state index contributed by atoms with van der Waals surface area (Å²) in [6, 6.07) is 26.1. The zero-order chi connectivity index (χ0) is 34.0. The minimum absolute atomic E-state index is 0.0398. The molecule has 2 amide bonds. The van der Waals surface area contributed by atoms with Gasteiger partial charge in [0.05, 0.1) is 28.7 Å². The highest BCUT2D eigenvalue weighted by Gasteiger charge is 2.52. The Balaban J connectivity index is 1.54. The van der Waals surface area contributed by atoms with Gasteiger partial charge in [-0.2, -0.15) is 0 Å². The van der Waals surface area contributed by atoms with Gasteiger partial charge in [0.25, 0.3) is 0 Å². The second kappa shape index (κ2) is 13.6. The van der Waals surface area contributed by atoms with Crippen LogP contribution in [0, 0.1) is 6.92 Å². The molecule has 1 aromatic heterocycles. The highest BCUT2D eigenvalue weighted by Crippen LogP contribution is 2.40. The lowest BCUT2D eigenvalue weighted by atomic mass is 10.1. The van der Waals surface area contributed by atoms with Gasteiger partial charge in [-0.3, -0.25) is 9.69 Å². The number of likely N-dealkylation sites (tertiary alicyclic amines) is 1. The van der Waals surface area contributed by atoms with E-state index in [-0.39, 0.29) is 30.5 Å². The molecule has 10 heteroatoms. The Morgan fingerprint density at radius 3 is 2.13 bits per heavy atom. The lowest BCUT2D eigenvalue weighted by molar-refractivity contribution is -0.125. The lowest BCUT2D eigenvalue weighted by Gasteiger charge is -2.43. The van der Waals surface area contributed by atoms with Crippen molar-refractivity contribution in [1.29, 1.82) is 0 Å². The minimum Gasteiger partial charge on any atom is -0.534 e. The Morgan fingerprint density at radius 1 is 0.979 bits per heavy atom. The SMILES string of the molecule is Cc1ncsc1-c1ccc(CNC(=O)[C@@H]2C[C@@H](O)CN2C(=O)OC(C)(C)C)c(O[Si](c2ccccc2)(c2ccccc2)C(C)(C)C)c1. The second-order valence-corrected chi connectivity index (χ2v) is 19.2. The van der Waals surface area contributed by atoms with Gasteiger partial charge in [0.15, 0.2) is 0 Å². The van der Waals surface area contributed by atoms with E-state index < -0.39 is 32.2 Å². The molecule has 2 atom stereocenters. The molecule has 1 aliphatic heterocycles. The minimum atomic E-state index is -3.01. The van der Waals surface area contributed by atoms with E-state index in [2.05, 4.69) is 85.7 Å². The number of nitrogens with one attached hydrogen (secondary N) is 1. The summed E-state index contributed by atoms with van der Waals surface area (Å²) in [5.41, 5.74) is 3.85. The first-order valence-corrected chi connectivity index (χ1v) is 18.8. The van der Waals surface area contributed by atoms with Crippen LogP contribution in [-0.4, -0.2) is 59.6 Å². The fourth-order valence-electron chi connectivity index (χ4n) is 6.21. The summed E-state index contributed by atoms with van der Waals surface area (Å²) in [4.78, 5) is 33.4. The Bertz CT molecular complexity index is 1660. The van der Waals surface area contributed by atoms with Gasteiger partial charge in [0.2, 0.25) is 5.91 Å². The number of thiazole rings is 1. The Morgan fingerprint density at radius 2 is 1.60 bits per heavy atom. The van der Waals surface area contributed by atoms with E-state index in [1.807, 2.05) is 36.7 Å². The van der Waals surface area contributed by atoms with Crippen molar-refractivity contribution in [1.82, 2.24) is 15.2 Å². The molecule has 0 radical (unpaired) electrons. The van der Waals surface area contributed by atoms with Gasteiger partial charge in [-0.05, 0) is 54.7 Å². The Kier molecular flexibility index (Phi) is 9.96. The summed E-state index contributed by atoms with van der Waals surface area (Å²) in [7, 11) is -3.01. The number of β-amino-alcohol motifs (C(OH)–C–C–N with tert-alkyl or cyclic N) is 1. The Labute approximate surface area is 282 Å². The molecule has 0 unspecified atom stereocenters. The molecule has 0 aliphatic carbocycles. The van der Waals surface area contributed by atoms with E-state index in [0.29, 0.717) is 5.75 Å². The predicted molar refractivity (Wildman–Crippen MR) is 190 cm³/mol. The molecule has 0 spiro atoms. The number of carbonyl (C=O) groups is 2. The summed E-state index contributed by atoms with van der Waals surface area (Å²) in [6.07, 6.45) is -1.29. The van der Waals surface area contributed by atoms with E-state index in [1.54, 1.807) is 32.1 Å². The van der Waals surface area contributed by atoms with Crippen molar-refractivity contribution in [3.05, 3.63) is 95.6 Å². The van der Waals surface area contributed by atoms with Crippen LogP contribution in [0.1, 0.15) is 59.2 Å². The molecular formula is C37H45N3O5SSi. The van der Waals surface area contributed by atoms with Crippen LogP contribution in [0.15, 0.2) is 84.4 Å². The number of benzene rings is 3. The lowest BCUT2D eigenvalue weighted by Crippen LogP contribution is -2.69. The van der Waals surface area contributed by atoms with Crippen LogP contribution >= 0.6 is 11.3 Å². The van der Waals surface area contributed by atoms with Gasteiger partial charge >= 0.3 is 14.4 Å². The average Bonchev–Trinajstić information content (AvgIpc) is 3.63. The highest BCUT2D eigenvalue weighted by atomic mass is 32.1. The third-order valence-electron chi connectivity index (χ3n) is 8.42. The van der Waals surface area contributed by atoms with Crippen molar-refractivity contribution in [2.75, 3.05) is 6.54 Å². The zero-order valence-electron chi connectivity index (χ0n) is 28.2. The molecular weight excluding hydrogens is 627 g/mol.